The van der Waals surface area contributed by atoms with E-state index in [2.05, 4.69) is 39.3 Å². The topological polar surface area (TPSA) is 117 Å². The van der Waals surface area contributed by atoms with Crippen LogP contribution in [0, 0.1) is 0 Å². The van der Waals surface area contributed by atoms with Crippen LogP contribution in [-0.2, 0) is 10.0 Å². The predicted molar refractivity (Wildman–Crippen MR) is 167 cm³/mol. The molecule has 0 fully saturated rings. The highest BCUT2D eigenvalue weighted by Crippen LogP contribution is 2.36. The maximum absolute atomic E-state index is 13.2. The van der Waals surface area contributed by atoms with E-state index < -0.39 is 10.0 Å². The van der Waals surface area contributed by atoms with E-state index in [1.807, 2.05) is 36.4 Å². The van der Waals surface area contributed by atoms with Gasteiger partial charge in [-0.1, -0.05) is 95.7 Å². The Morgan fingerprint density at radius 3 is 2.08 bits per heavy atom. The van der Waals surface area contributed by atoms with Crippen LogP contribution in [0.25, 0.3) is 11.3 Å². The summed E-state index contributed by atoms with van der Waals surface area (Å²) in [5.74, 6) is 0.126. The van der Waals surface area contributed by atoms with Gasteiger partial charge < -0.3 is 10.6 Å². The lowest BCUT2D eigenvalue weighted by Crippen LogP contribution is -2.39. The van der Waals surface area contributed by atoms with Crippen molar-refractivity contribution >= 4 is 62.2 Å². The van der Waals surface area contributed by atoms with Crippen LogP contribution in [0.15, 0.2) is 84.9 Å². The van der Waals surface area contributed by atoms with Crippen molar-refractivity contribution in [3.63, 3.8) is 0 Å². The number of hydrogen-bond acceptors (Lipinski definition) is 6. The number of carbonyl (C=O) groups excluding carboxylic acids is 1. The molecule has 212 valence electrons. The van der Waals surface area contributed by atoms with E-state index in [0.29, 0.717) is 46.0 Å². The first-order valence-electron chi connectivity index (χ1n) is 12.3. The van der Waals surface area contributed by atoms with Gasteiger partial charge in [-0.2, -0.15) is 0 Å². The van der Waals surface area contributed by atoms with Crippen LogP contribution in [0.3, 0.4) is 0 Å². The van der Waals surface area contributed by atoms with E-state index >= 15 is 0 Å². The van der Waals surface area contributed by atoms with E-state index in [-0.39, 0.29) is 24.4 Å². The van der Waals surface area contributed by atoms with Gasteiger partial charge in [0.1, 0.15) is 10.0 Å². The van der Waals surface area contributed by atoms with Crippen LogP contribution in [0.4, 0.5) is 15.6 Å². The smallest absolute Gasteiger partial charge is 0.323 e. The molecule has 4 N–H and O–H groups in total. The van der Waals surface area contributed by atoms with Crippen molar-refractivity contribution in [2.75, 3.05) is 35.9 Å². The molecule has 0 aliphatic carbocycles. The number of amides is 2. The van der Waals surface area contributed by atoms with Gasteiger partial charge in [-0.05, 0) is 29.7 Å². The zero-order valence-corrected chi connectivity index (χ0v) is 25.0. The molecule has 12 heteroatoms. The molecule has 0 saturated carbocycles. The first kappa shape index (κ1) is 31.4. The molecular weight excluding hydrogens is 589 g/mol. The number of nitrogens with one attached hydrogen (secondary N) is 2. The molecule has 2 amide bonds. The summed E-state index contributed by atoms with van der Waals surface area (Å²) in [6.45, 7) is 1.22. The molecule has 1 heterocycles. The highest BCUT2D eigenvalue weighted by Gasteiger charge is 2.21. The summed E-state index contributed by atoms with van der Waals surface area (Å²) in [5, 5.41) is 3.23. The summed E-state index contributed by atoms with van der Waals surface area (Å²) in [4.78, 5) is 19.4. The Kier molecular flexibility index (Phi) is 11.4. The number of anilines is 2. The predicted octanol–water partition coefficient (Wildman–Crippen LogP) is 6.27. The van der Waals surface area contributed by atoms with Crippen molar-refractivity contribution < 1.29 is 13.2 Å². The Morgan fingerprint density at radius 2 is 1.55 bits per heavy atom. The van der Waals surface area contributed by atoms with Gasteiger partial charge in [0.25, 0.3) is 0 Å². The minimum atomic E-state index is -3.38. The number of benzene rings is 3. The van der Waals surface area contributed by atoms with Crippen LogP contribution < -0.4 is 15.8 Å². The summed E-state index contributed by atoms with van der Waals surface area (Å²) in [7, 11) is -3.38. The molecule has 8 nitrogen and oxygen atoms in total. The molecule has 0 bridgehead atoms. The van der Waals surface area contributed by atoms with Crippen LogP contribution in [0.1, 0.15) is 23.5 Å². The first-order chi connectivity index (χ1) is 18.7. The SMILES string of the molecule is CS(=O)(=O)Nc1ccc(-c2nc(NC(=O)N(CCN)CCC(c3ccccc3)c3ccccc3)sc2Cl)cc1.Cl. The fraction of sp³-hybridized carbons (Fsp3) is 0.214. The second-order valence-corrected chi connectivity index (χ2v) is 12.3. The van der Waals surface area contributed by atoms with Gasteiger partial charge in [-0.15, -0.1) is 12.4 Å². The van der Waals surface area contributed by atoms with Gasteiger partial charge in [0.05, 0.1) is 6.26 Å². The third-order valence-corrected chi connectivity index (χ3v) is 7.82. The summed E-state index contributed by atoms with van der Waals surface area (Å²) < 4.78 is 25.7. The Hall–Kier alpha value is -3.15. The number of hydrogen-bond donors (Lipinski definition) is 3. The average molecular weight is 621 g/mol. The van der Waals surface area contributed by atoms with Crippen LogP contribution in [0.2, 0.25) is 4.34 Å². The fourth-order valence-electron chi connectivity index (χ4n) is 4.27. The number of halogens is 2. The lowest BCUT2D eigenvalue weighted by molar-refractivity contribution is 0.211. The maximum atomic E-state index is 13.2. The zero-order valence-electron chi connectivity index (χ0n) is 21.8. The van der Waals surface area contributed by atoms with Crippen LogP contribution >= 0.6 is 35.3 Å². The summed E-state index contributed by atoms with van der Waals surface area (Å²) >= 11 is 7.61. The van der Waals surface area contributed by atoms with Crippen LogP contribution in [-0.4, -0.2) is 50.2 Å². The Morgan fingerprint density at radius 1 is 0.975 bits per heavy atom. The molecule has 4 aromatic rings. The quantitative estimate of drug-likeness (QED) is 0.183. The first-order valence-corrected chi connectivity index (χ1v) is 15.4. The van der Waals surface area contributed by atoms with Gasteiger partial charge >= 0.3 is 6.03 Å². The van der Waals surface area contributed by atoms with Crippen molar-refractivity contribution in [1.29, 1.82) is 0 Å². The van der Waals surface area contributed by atoms with Gasteiger partial charge in [-0.25, -0.2) is 18.2 Å². The molecule has 0 unspecified atom stereocenters. The molecule has 0 radical (unpaired) electrons. The largest absolute Gasteiger partial charge is 0.329 e. The van der Waals surface area contributed by atoms with E-state index in [1.54, 1.807) is 29.2 Å². The summed E-state index contributed by atoms with van der Waals surface area (Å²) in [5.41, 5.74) is 9.85. The number of thiazole rings is 1. The number of carbonyl (C=O) groups is 1. The molecule has 0 spiro atoms. The van der Waals surface area contributed by atoms with Crippen molar-refractivity contribution in [3.8, 4) is 11.3 Å². The molecule has 0 aliphatic heterocycles. The molecular formula is C28H31Cl2N5O3S2. The van der Waals surface area contributed by atoms with Gasteiger partial charge in [0, 0.05) is 36.8 Å². The lowest BCUT2D eigenvalue weighted by atomic mass is 9.88. The molecule has 0 aliphatic rings. The molecule has 0 saturated heterocycles. The lowest BCUT2D eigenvalue weighted by Gasteiger charge is -2.25. The number of urea groups is 1. The molecule has 1 aromatic heterocycles. The van der Waals surface area contributed by atoms with Crippen molar-refractivity contribution in [1.82, 2.24) is 9.88 Å². The molecule has 40 heavy (non-hydrogen) atoms. The number of sulfonamides is 1. The third kappa shape index (κ3) is 8.67. The van der Waals surface area contributed by atoms with Crippen molar-refractivity contribution in [2.24, 2.45) is 5.73 Å². The number of nitrogens with zero attached hydrogens (tertiary/aromatic N) is 2. The normalized spacial score (nSPS) is 11.1. The standard InChI is InChI=1S/C28H30ClN5O3S2.ClH/c1-39(36,37)33-23-14-12-22(13-15-23)25-26(29)38-27(31-25)32-28(35)34(19-17-30)18-16-24(20-8-4-2-5-9-20)21-10-6-3-7-11-21;/h2-15,24,33H,16-19,30H2,1H3,(H,31,32,35);1H. The van der Waals surface area contributed by atoms with E-state index in [4.69, 9.17) is 17.3 Å². The highest BCUT2D eigenvalue weighted by molar-refractivity contribution is 7.92. The van der Waals surface area contributed by atoms with Crippen molar-refractivity contribution in [2.45, 2.75) is 12.3 Å². The number of nitrogens with two attached hydrogens (primary N) is 1. The Balaban J connectivity index is 0.00000441. The minimum absolute atomic E-state index is 0. The summed E-state index contributed by atoms with van der Waals surface area (Å²) in [6, 6.07) is 26.9. The fourth-order valence-corrected chi connectivity index (χ4v) is 5.91. The number of aromatic nitrogens is 1. The summed E-state index contributed by atoms with van der Waals surface area (Å²) in [6.07, 6.45) is 1.81. The average Bonchev–Trinajstić information content (AvgIpc) is 3.28. The highest BCUT2D eigenvalue weighted by atomic mass is 35.5. The van der Waals surface area contributed by atoms with E-state index in [9.17, 15) is 13.2 Å². The number of rotatable bonds is 11. The minimum Gasteiger partial charge on any atom is -0.329 e. The van der Waals surface area contributed by atoms with Crippen molar-refractivity contribution in [3.05, 3.63) is 100 Å². The second-order valence-electron chi connectivity index (χ2n) is 8.96. The second kappa shape index (κ2) is 14.5. The van der Waals surface area contributed by atoms with Gasteiger partial charge in [-0.3, -0.25) is 10.0 Å². The Labute approximate surface area is 250 Å². The van der Waals surface area contributed by atoms with Gasteiger partial charge in [0.2, 0.25) is 10.0 Å². The third-order valence-electron chi connectivity index (χ3n) is 6.04. The maximum Gasteiger partial charge on any atom is 0.323 e. The Bertz CT molecular complexity index is 1450. The van der Waals surface area contributed by atoms with Crippen LogP contribution in [0.5, 0.6) is 0 Å². The van der Waals surface area contributed by atoms with Gasteiger partial charge in [0.15, 0.2) is 5.13 Å². The van der Waals surface area contributed by atoms with E-state index in [0.717, 1.165) is 24.0 Å². The molecule has 3 aromatic carbocycles. The zero-order chi connectivity index (χ0) is 27.8. The van der Waals surface area contributed by atoms with E-state index in [1.165, 1.54) is 11.1 Å². The molecule has 4 rings (SSSR count). The molecule has 0 atom stereocenters. The monoisotopic (exact) mass is 619 g/mol.